The molecule has 0 fully saturated rings. The van der Waals surface area contributed by atoms with Crippen LogP contribution in [-0.2, 0) is 6.54 Å². The van der Waals surface area contributed by atoms with Crippen LogP contribution in [-0.4, -0.2) is 21.3 Å². The molecule has 0 saturated heterocycles. The van der Waals surface area contributed by atoms with E-state index < -0.39 is 0 Å². The maximum Gasteiger partial charge on any atom is 0.172 e. The molecule has 4 nitrogen and oxygen atoms in total. The van der Waals surface area contributed by atoms with E-state index in [-0.39, 0.29) is 0 Å². The summed E-state index contributed by atoms with van der Waals surface area (Å²) in [5.41, 5.74) is 1.17. The van der Waals surface area contributed by atoms with E-state index in [0.29, 0.717) is 18.5 Å². The van der Waals surface area contributed by atoms with Crippen molar-refractivity contribution in [2.45, 2.75) is 13.5 Å². The second-order valence-corrected chi connectivity index (χ2v) is 2.15. The minimum Gasteiger partial charge on any atom is -0.296 e. The van der Waals surface area contributed by atoms with Crippen LogP contribution in [0.2, 0.25) is 0 Å². The van der Waals surface area contributed by atoms with Crippen LogP contribution in [0, 0.1) is 6.92 Å². The molecule has 0 aromatic carbocycles. The fourth-order valence-corrected chi connectivity index (χ4v) is 0.778. The largest absolute Gasteiger partial charge is 0.296 e. The average Bonchev–Trinajstić information content (AvgIpc) is 2.34. The summed E-state index contributed by atoms with van der Waals surface area (Å²) < 4.78 is 1.62. The van der Waals surface area contributed by atoms with Crippen molar-refractivity contribution in [1.82, 2.24) is 15.0 Å². The van der Waals surface area contributed by atoms with Crippen molar-refractivity contribution in [2.24, 2.45) is 0 Å². The lowest BCUT2D eigenvalue weighted by molar-refractivity contribution is 0.111. The Balaban J connectivity index is 2.99. The highest BCUT2D eigenvalue weighted by Crippen LogP contribution is 1.99. The molecule has 4 heteroatoms. The Morgan fingerprint density at radius 1 is 1.73 bits per heavy atom. The van der Waals surface area contributed by atoms with Gasteiger partial charge in [-0.3, -0.25) is 4.79 Å². The highest BCUT2D eigenvalue weighted by atomic mass is 16.1. The second kappa shape index (κ2) is 3.09. The Labute approximate surface area is 64.5 Å². The van der Waals surface area contributed by atoms with Crippen LogP contribution in [0.4, 0.5) is 0 Å². The predicted molar refractivity (Wildman–Crippen MR) is 40.3 cm³/mol. The van der Waals surface area contributed by atoms with Gasteiger partial charge in [-0.1, -0.05) is 11.3 Å². The molecule has 0 unspecified atom stereocenters. The van der Waals surface area contributed by atoms with Crippen LogP contribution < -0.4 is 0 Å². The molecule has 0 radical (unpaired) electrons. The van der Waals surface area contributed by atoms with E-state index in [4.69, 9.17) is 0 Å². The van der Waals surface area contributed by atoms with Crippen LogP contribution in [0.3, 0.4) is 0 Å². The first kappa shape index (κ1) is 7.65. The smallest absolute Gasteiger partial charge is 0.172 e. The molecule has 1 rings (SSSR count). The summed E-state index contributed by atoms with van der Waals surface area (Å²) in [6.45, 7) is 5.94. The van der Waals surface area contributed by atoms with Crippen LogP contribution in [0.5, 0.6) is 0 Å². The maximum atomic E-state index is 10.3. The lowest BCUT2D eigenvalue weighted by Gasteiger charge is -1.95. The number of allylic oxidation sites excluding steroid dienone is 1. The first-order valence-corrected chi connectivity index (χ1v) is 3.25. The molecule has 0 bridgehead atoms. The molecule has 0 N–H and O–H groups in total. The van der Waals surface area contributed by atoms with E-state index in [0.717, 1.165) is 5.69 Å². The number of carbonyl (C=O) groups is 1. The quantitative estimate of drug-likeness (QED) is 0.469. The zero-order valence-electron chi connectivity index (χ0n) is 6.32. The van der Waals surface area contributed by atoms with Gasteiger partial charge in [0.25, 0.3) is 0 Å². The number of nitrogens with zero attached hydrogens (tertiary/aromatic N) is 3. The summed E-state index contributed by atoms with van der Waals surface area (Å²) in [7, 11) is 0. The summed E-state index contributed by atoms with van der Waals surface area (Å²) in [5.74, 6) is 0. The molecule has 58 valence electrons. The van der Waals surface area contributed by atoms with E-state index in [9.17, 15) is 4.79 Å². The normalized spacial score (nSPS) is 9.55. The first-order chi connectivity index (χ1) is 5.29. The molecule has 11 heavy (non-hydrogen) atoms. The molecule has 0 aliphatic heterocycles. The predicted octanol–water partition coefficient (Wildman–Crippen LogP) is 0.585. The van der Waals surface area contributed by atoms with Gasteiger partial charge in [0.15, 0.2) is 6.29 Å². The zero-order chi connectivity index (χ0) is 8.27. The molecule has 0 atom stereocenters. The highest BCUT2D eigenvalue weighted by Gasteiger charge is 2.04. The Hall–Kier alpha value is -1.45. The molecule has 0 amide bonds. The standard InChI is InChI=1S/C7H9N3O/c1-3-4-10-6(2)7(5-11)8-9-10/h3,5H,1,4H2,2H3. The average molecular weight is 151 g/mol. The van der Waals surface area contributed by atoms with Crippen molar-refractivity contribution in [3.05, 3.63) is 24.0 Å². The first-order valence-electron chi connectivity index (χ1n) is 3.25. The number of carbonyl (C=O) groups excluding carboxylic acids is 1. The molecule has 1 aromatic heterocycles. The van der Waals surface area contributed by atoms with Gasteiger partial charge in [0.2, 0.25) is 0 Å². The van der Waals surface area contributed by atoms with E-state index in [1.807, 2.05) is 0 Å². The second-order valence-electron chi connectivity index (χ2n) is 2.15. The Morgan fingerprint density at radius 3 is 2.91 bits per heavy atom. The molecule has 0 aliphatic carbocycles. The molecular weight excluding hydrogens is 142 g/mol. The third-order valence-electron chi connectivity index (χ3n) is 1.43. The van der Waals surface area contributed by atoms with E-state index in [1.54, 1.807) is 17.7 Å². The number of aromatic nitrogens is 3. The van der Waals surface area contributed by atoms with Gasteiger partial charge in [-0.05, 0) is 6.92 Å². The van der Waals surface area contributed by atoms with Crippen LogP contribution in [0.15, 0.2) is 12.7 Å². The minimum absolute atomic E-state index is 0.395. The molecular formula is C7H9N3O. The molecule has 1 aromatic rings. The summed E-state index contributed by atoms with van der Waals surface area (Å²) in [6, 6.07) is 0. The molecule has 0 saturated carbocycles. The van der Waals surface area contributed by atoms with Gasteiger partial charge in [0.05, 0.1) is 12.2 Å². The SMILES string of the molecule is C=CCn1nnc(C=O)c1C. The third-order valence-corrected chi connectivity index (χ3v) is 1.43. The summed E-state index contributed by atoms with van der Waals surface area (Å²) in [4.78, 5) is 10.3. The zero-order valence-corrected chi connectivity index (χ0v) is 6.32. The van der Waals surface area contributed by atoms with Crippen LogP contribution in [0.25, 0.3) is 0 Å². The van der Waals surface area contributed by atoms with E-state index in [2.05, 4.69) is 16.9 Å². The van der Waals surface area contributed by atoms with E-state index >= 15 is 0 Å². The van der Waals surface area contributed by atoms with Gasteiger partial charge >= 0.3 is 0 Å². The number of hydrogen-bond acceptors (Lipinski definition) is 3. The van der Waals surface area contributed by atoms with Crippen molar-refractivity contribution < 1.29 is 4.79 Å². The fourth-order valence-electron chi connectivity index (χ4n) is 0.778. The Morgan fingerprint density at radius 2 is 2.45 bits per heavy atom. The third kappa shape index (κ3) is 1.34. The van der Waals surface area contributed by atoms with Crippen molar-refractivity contribution in [1.29, 1.82) is 0 Å². The summed E-state index contributed by atoms with van der Waals surface area (Å²) >= 11 is 0. The van der Waals surface area contributed by atoms with Crippen LogP contribution in [0.1, 0.15) is 16.2 Å². The minimum atomic E-state index is 0.395. The molecule has 1 heterocycles. The molecule has 0 aliphatic rings. The summed E-state index contributed by atoms with van der Waals surface area (Å²) in [5, 5.41) is 7.39. The van der Waals surface area contributed by atoms with Crippen molar-refractivity contribution in [2.75, 3.05) is 0 Å². The van der Waals surface area contributed by atoms with Gasteiger partial charge < -0.3 is 0 Å². The number of hydrogen-bond donors (Lipinski definition) is 0. The van der Waals surface area contributed by atoms with Gasteiger partial charge in [-0.15, -0.1) is 11.7 Å². The lowest BCUT2D eigenvalue weighted by Crippen LogP contribution is -1.99. The monoisotopic (exact) mass is 151 g/mol. The number of aldehydes is 1. The lowest BCUT2D eigenvalue weighted by atomic mass is 10.4. The number of rotatable bonds is 3. The Kier molecular flexibility index (Phi) is 2.15. The topological polar surface area (TPSA) is 47.8 Å². The maximum absolute atomic E-state index is 10.3. The van der Waals surface area contributed by atoms with Crippen molar-refractivity contribution in [3.8, 4) is 0 Å². The molecule has 0 spiro atoms. The van der Waals surface area contributed by atoms with Gasteiger partial charge in [-0.25, -0.2) is 4.68 Å². The van der Waals surface area contributed by atoms with Gasteiger partial charge in [0.1, 0.15) is 5.69 Å². The van der Waals surface area contributed by atoms with Crippen molar-refractivity contribution in [3.63, 3.8) is 0 Å². The Bertz CT molecular complexity index is 277. The van der Waals surface area contributed by atoms with Crippen LogP contribution >= 0.6 is 0 Å². The van der Waals surface area contributed by atoms with E-state index in [1.165, 1.54) is 0 Å². The summed E-state index contributed by atoms with van der Waals surface area (Å²) in [6.07, 6.45) is 2.40. The highest BCUT2D eigenvalue weighted by molar-refractivity contribution is 5.72. The van der Waals surface area contributed by atoms with Crippen molar-refractivity contribution >= 4 is 6.29 Å². The van der Waals surface area contributed by atoms with Gasteiger partial charge in [0, 0.05) is 0 Å². The fraction of sp³-hybridized carbons (Fsp3) is 0.286. The van der Waals surface area contributed by atoms with Gasteiger partial charge in [-0.2, -0.15) is 0 Å².